The lowest BCUT2D eigenvalue weighted by molar-refractivity contribution is -0.132. The van der Waals surface area contributed by atoms with Crippen LogP contribution < -0.4 is 0 Å². The number of hydrogen-bond donors (Lipinski definition) is 0. The number of hydrogen-bond acceptors (Lipinski definition) is 5. The molecule has 0 fully saturated rings. The summed E-state index contributed by atoms with van der Waals surface area (Å²) < 4.78 is 5.71. The summed E-state index contributed by atoms with van der Waals surface area (Å²) in [7, 11) is 0. The van der Waals surface area contributed by atoms with Gasteiger partial charge in [0, 0.05) is 36.9 Å². The lowest BCUT2D eigenvalue weighted by atomic mass is 10.1. The maximum atomic E-state index is 13.0. The minimum atomic E-state index is 0.0630. The largest absolute Gasteiger partial charge is 0.421 e. The highest BCUT2D eigenvalue weighted by atomic mass is 32.1. The maximum Gasteiger partial charge on any atom is 0.248 e. The van der Waals surface area contributed by atoms with Gasteiger partial charge in [0.2, 0.25) is 17.7 Å². The number of thiophene rings is 1. The molecule has 0 aliphatic heterocycles. The van der Waals surface area contributed by atoms with E-state index >= 15 is 0 Å². The molecule has 2 heterocycles. The fourth-order valence-electron chi connectivity index (χ4n) is 3.07. The molecule has 0 atom stereocenters. The Labute approximate surface area is 173 Å². The van der Waals surface area contributed by atoms with Crippen LogP contribution in [-0.2, 0) is 24.3 Å². The van der Waals surface area contributed by atoms with Gasteiger partial charge < -0.3 is 9.32 Å². The van der Waals surface area contributed by atoms with E-state index in [0.717, 1.165) is 16.7 Å². The molecule has 0 bridgehead atoms. The van der Waals surface area contributed by atoms with Crippen molar-refractivity contribution in [2.45, 2.75) is 25.9 Å². The molecule has 5 nitrogen and oxygen atoms in total. The van der Waals surface area contributed by atoms with Crippen LogP contribution in [0.1, 0.15) is 23.4 Å². The minimum absolute atomic E-state index is 0.0630. The number of rotatable bonds is 8. The smallest absolute Gasteiger partial charge is 0.248 e. The lowest BCUT2D eigenvalue weighted by Crippen LogP contribution is -2.30. The van der Waals surface area contributed by atoms with Gasteiger partial charge in [-0.2, -0.15) is 11.3 Å². The van der Waals surface area contributed by atoms with Crippen LogP contribution in [0.4, 0.5) is 0 Å². The second-order valence-electron chi connectivity index (χ2n) is 6.73. The predicted octanol–water partition coefficient (Wildman–Crippen LogP) is 4.96. The first kappa shape index (κ1) is 19.1. The van der Waals surface area contributed by atoms with Gasteiger partial charge in [0.1, 0.15) is 0 Å². The number of aryl methyl sites for hydroxylation is 1. The fraction of sp³-hybridized carbons (Fsp3) is 0.174. The molecule has 6 heteroatoms. The highest BCUT2D eigenvalue weighted by Gasteiger charge is 2.17. The lowest BCUT2D eigenvalue weighted by Gasteiger charge is -2.23. The molecule has 4 rings (SSSR count). The Morgan fingerprint density at radius 1 is 0.897 bits per heavy atom. The van der Waals surface area contributed by atoms with E-state index in [9.17, 15) is 4.79 Å². The van der Waals surface area contributed by atoms with Crippen molar-refractivity contribution in [3.63, 3.8) is 0 Å². The molecule has 4 aromatic rings. The predicted molar refractivity (Wildman–Crippen MR) is 113 cm³/mol. The zero-order valence-corrected chi connectivity index (χ0v) is 16.7. The van der Waals surface area contributed by atoms with Crippen LogP contribution in [0.2, 0.25) is 0 Å². The van der Waals surface area contributed by atoms with Crippen molar-refractivity contribution in [1.82, 2.24) is 15.1 Å². The average Bonchev–Trinajstić information content (AvgIpc) is 3.45. The molecule has 146 valence electrons. The molecule has 0 N–H and O–H groups in total. The number of amides is 1. The monoisotopic (exact) mass is 403 g/mol. The van der Waals surface area contributed by atoms with Gasteiger partial charge in [0.25, 0.3) is 0 Å². The molecule has 1 amide bonds. The molecule has 2 aromatic carbocycles. The Morgan fingerprint density at radius 3 is 2.14 bits per heavy atom. The van der Waals surface area contributed by atoms with Crippen molar-refractivity contribution < 1.29 is 9.21 Å². The summed E-state index contributed by atoms with van der Waals surface area (Å²) in [6, 6.07) is 22.0. The van der Waals surface area contributed by atoms with Crippen molar-refractivity contribution >= 4 is 17.2 Å². The molecule has 0 radical (unpaired) electrons. The van der Waals surface area contributed by atoms with Gasteiger partial charge >= 0.3 is 0 Å². The van der Waals surface area contributed by atoms with E-state index < -0.39 is 0 Å². The van der Waals surface area contributed by atoms with E-state index in [2.05, 4.69) is 10.2 Å². The second kappa shape index (κ2) is 9.30. The Kier molecular flexibility index (Phi) is 6.12. The minimum Gasteiger partial charge on any atom is -0.421 e. The number of nitrogens with zero attached hydrogens (tertiary/aromatic N) is 3. The van der Waals surface area contributed by atoms with Crippen LogP contribution in [0.3, 0.4) is 0 Å². The molecule has 0 unspecified atom stereocenters. The normalized spacial score (nSPS) is 10.8. The van der Waals surface area contributed by atoms with Crippen LogP contribution in [0.15, 0.2) is 81.9 Å². The van der Waals surface area contributed by atoms with Crippen LogP contribution in [0.25, 0.3) is 11.5 Å². The van der Waals surface area contributed by atoms with Crippen molar-refractivity contribution in [3.05, 3.63) is 94.5 Å². The van der Waals surface area contributed by atoms with E-state index in [1.165, 1.54) is 0 Å². The summed E-state index contributed by atoms with van der Waals surface area (Å²) in [6.45, 7) is 1.14. The van der Waals surface area contributed by atoms with Crippen LogP contribution >= 0.6 is 11.3 Å². The summed E-state index contributed by atoms with van der Waals surface area (Å²) in [6.07, 6.45) is 0.751. The average molecular weight is 404 g/mol. The quantitative estimate of drug-likeness (QED) is 0.417. The first-order valence-corrected chi connectivity index (χ1v) is 10.4. The highest BCUT2D eigenvalue weighted by Crippen LogP contribution is 2.21. The molecular weight excluding hydrogens is 382 g/mol. The summed E-state index contributed by atoms with van der Waals surface area (Å²) >= 11 is 1.58. The number of carbonyl (C=O) groups excluding carboxylic acids is 1. The first-order chi connectivity index (χ1) is 14.3. The molecule has 0 aliphatic carbocycles. The number of benzene rings is 2. The summed E-state index contributed by atoms with van der Waals surface area (Å²) in [4.78, 5) is 14.9. The van der Waals surface area contributed by atoms with Gasteiger partial charge in [-0.3, -0.25) is 4.79 Å². The SMILES string of the molecule is O=C(CCc1nnc(-c2ccsc2)o1)N(Cc1ccccc1)Cc1ccccc1. The molecule has 0 saturated heterocycles. The van der Waals surface area contributed by atoms with E-state index in [-0.39, 0.29) is 5.91 Å². The zero-order chi connectivity index (χ0) is 19.9. The van der Waals surface area contributed by atoms with E-state index in [4.69, 9.17) is 4.42 Å². The van der Waals surface area contributed by atoms with Gasteiger partial charge in [0.15, 0.2) is 0 Å². The number of aromatic nitrogens is 2. The third kappa shape index (κ3) is 5.18. The summed E-state index contributed by atoms with van der Waals surface area (Å²) in [5.74, 6) is 1.05. The Hall–Kier alpha value is -3.25. The molecule has 0 aliphatic rings. The summed E-state index contributed by atoms with van der Waals surface area (Å²) in [5.41, 5.74) is 3.12. The first-order valence-electron chi connectivity index (χ1n) is 9.48. The van der Waals surface area contributed by atoms with Gasteiger partial charge in [-0.15, -0.1) is 10.2 Å². The van der Waals surface area contributed by atoms with E-state index in [1.54, 1.807) is 11.3 Å². The fourth-order valence-corrected chi connectivity index (χ4v) is 3.70. The second-order valence-corrected chi connectivity index (χ2v) is 7.51. The van der Waals surface area contributed by atoms with Crippen LogP contribution in [0.5, 0.6) is 0 Å². The molecule has 2 aromatic heterocycles. The Morgan fingerprint density at radius 2 is 1.55 bits per heavy atom. The van der Waals surface area contributed by atoms with Gasteiger partial charge in [-0.1, -0.05) is 60.7 Å². The molecule has 0 saturated carbocycles. The van der Waals surface area contributed by atoms with Crippen LogP contribution in [0, 0.1) is 0 Å². The van der Waals surface area contributed by atoms with Gasteiger partial charge in [-0.25, -0.2) is 0 Å². The standard InChI is InChI=1S/C23H21N3O2S/c27-22(12-11-21-24-25-23(28-21)20-13-14-29-17-20)26(15-18-7-3-1-4-8-18)16-19-9-5-2-6-10-19/h1-10,13-14,17H,11-12,15-16H2. The van der Waals surface area contributed by atoms with Crippen molar-refractivity contribution in [2.75, 3.05) is 0 Å². The van der Waals surface area contributed by atoms with E-state index in [1.807, 2.05) is 82.4 Å². The number of carbonyl (C=O) groups is 1. The highest BCUT2D eigenvalue weighted by molar-refractivity contribution is 7.08. The zero-order valence-electron chi connectivity index (χ0n) is 15.9. The third-order valence-electron chi connectivity index (χ3n) is 4.57. The van der Waals surface area contributed by atoms with Gasteiger partial charge in [-0.05, 0) is 22.6 Å². The van der Waals surface area contributed by atoms with Gasteiger partial charge in [0.05, 0.1) is 0 Å². The van der Waals surface area contributed by atoms with Crippen molar-refractivity contribution in [2.24, 2.45) is 0 Å². The molecular formula is C23H21N3O2S. The topological polar surface area (TPSA) is 59.2 Å². The van der Waals surface area contributed by atoms with Crippen molar-refractivity contribution in [1.29, 1.82) is 0 Å². The third-order valence-corrected chi connectivity index (χ3v) is 5.26. The Bertz CT molecular complexity index is 989. The van der Waals surface area contributed by atoms with Crippen molar-refractivity contribution in [3.8, 4) is 11.5 Å². The molecule has 29 heavy (non-hydrogen) atoms. The van der Waals surface area contributed by atoms with E-state index in [0.29, 0.717) is 37.7 Å². The van der Waals surface area contributed by atoms with Crippen LogP contribution in [-0.4, -0.2) is 21.0 Å². The maximum absolute atomic E-state index is 13.0. The molecule has 0 spiro atoms. The Balaban J connectivity index is 1.43. The summed E-state index contributed by atoms with van der Waals surface area (Å²) in [5, 5.41) is 12.1.